The summed E-state index contributed by atoms with van der Waals surface area (Å²) < 4.78 is 2.87. The molecule has 0 aliphatic rings. The van der Waals surface area contributed by atoms with Crippen LogP contribution < -0.4 is 4.80 Å². The largest absolute Gasteiger partial charge is 0.261 e. The fourth-order valence-corrected chi connectivity index (χ4v) is 3.44. The zero-order valence-corrected chi connectivity index (χ0v) is 15.4. The molecule has 0 atom stereocenters. The maximum Gasteiger partial charge on any atom is 0.205 e. The summed E-state index contributed by atoms with van der Waals surface area (Å²) in [5.41, 5.74) is 3.05. The lowest BCUT2D eigenvalue weighted by atomic mass is 10.2. The Kier molecular flexibility index (Phi) is 5.10. The maximum atomic E-state index is 5.97. The van der Waals surface area contributed by atoms with Crippen molar-refractivity contribution in [1.82, 2.24) is 4.68 Å². The third-order valence-corrected chi connectivity index (χ3v) is 4.84. The number of nitrogens with zero attached hydrogens (tertiary/aromatic N) is 3. The van der Waals surface area contributed by atoms with E-state index in [9.17, 15) is 0 Å². The number of aromatic nitrogens is 1. The molecule has 0 bridgehead atoms. The van der Waals surface area contributed by atoms with Crippen molar-refractivity contribution in [1.29, 1.82) is 0 Å². The van der Waals surface area contributed by atoms with Crippen molar-refractivity contribution >= 4 is 45.1 Å². The highest BCUT2D eigenvalue weighted by Gasteiger charge is 2.06. The van der Waals surface area contributed by atoms with E-state index in [-0.39, 0.29) is 0 Å². The van der Waals surface area contributed by atoms with Gasteiger partial charge >= 0.3 is 0 Å². The highest BCUT2D eigenvalue weighted by Crippen LogP contribution is 2.22. The molecule has 6 heteroatoms. The first-order chi connectivity index (χ1) is 11.2. The van der Waals surface area contributed by atoms with Crippen LogP contribution in [0.1, 0.15) is 5.56 Å². The Morgan fingerprint density at radius 2 is 1.96 bits per heavy atom. The van der Waals surface area contributed by atoms with Gasteiger partial charge in [-0.3, -0.25) is 4.99 Å². The Morgan fingerprint density at radius 3 is 2.65 bits per heavy atom. The van der Waals surface area contributed by atoms with Crippen molar-refractivity contribution in [3.8, 4) is 11.3 Å². The average molecular weight is 407 g/mol. The Hall–Kier alpha value is -1.69. The lowest BCUT2D eigenvalue weighted by Gasteiger charge is -2.03. The SMILES string of the molecule is CN=c1scc(-c2ccc(Cl)cc2)n1N=Cc1cccc(Br)c1. The Bertz CT molecular complexity index is 910. The highest BCUT2D eigenvalue weighted by molar-refractivity contribution is 9.10. The Morgan fingerprint density at radius 1 is 1.17 bits per heavy atom. The topological polar surface area (TPSA) is 29.6 Å². The van der Waals surface area contributed by atoms with Crippen LogP contribution in [0.15, 0.2) is 68.5 Å². The van der Waals surface area contributed by atoms with E-state index in [1.54, 1.807) is 18.4 Å². The molecule has 3 aromatic rings. The Balaban J connectivity index is 2.04. The summed E-state index contributed by atoms with van der Waals surface area (Å²) in [6.45, 7) is 0. The number of halogens is 2. The van der Waals surface area contributed by atoms with Gasteiger partial charge in [0.1, 0.15) is 0 Å². The lowest BCUT2D eigenvalue weighted by Crippen LogP contribution is -2.11. The molecule has 23 heavy (non-hydrogen) atoms. The smallest absolute Gasteiger partial charge is 0.205 e. The summed E-state index contributed by atoms with van der Waals surface area (Å²) >= 11 is 11.0. The van der Waals surface area contributed by atoms with Gasteiger partial charge in [-0.1, -0.05) is 51.8 Å². The summed E-state index contributed by atoms with van der Waals surface area (Å²) in [6, 6.07) is 15.7. The number of rotatable bonds is 3. The minimum Gasteiger partial charge on any atom is -0.261 e. The lowest BCUT2D eigenvalue weighted by molar-refractivity contribution is 0.848. The first kappa shape index (κ1) is 16.2. The van der Waals surface area contributed by atoms with E-state index in [2.05, 4.69) is 26.0 Å². The van der Waals surface area contributed by atoms with Gasteiger partial charge in [-0.05, 0) is 29.8 Å². The zero-order valence-electron chi connectivity index (χ0n) is 12.3. The van der Waals surface area contributed by atoms with Crippen LogP contribution in [0.25, 0.3) is 11.3 Å². The van der Waals surface area contributed by atoms with Gasteiger partial charge in [-0.2, -0.15) is 5.10 Å². The van der Waals surface area contributed by atoms with Crippen molar-refractivity contribution < 1.29 is 0 Å². The summed E-state index contributed by atoms with van der Waals surface area (Å²) in [6.07, 6.45) is 1.82. The van der Waals surface area contributed by atoms with Crippen LogP contribution in [0.5, 0.6) is 0 Å². The fraction of sp³-hybridized carbons (Fsp3) is 0.0588. The van der Waals surface area contributed by atoms with Crippen LogP contribution in [0.4, 0.5) is 0 Å². The van der Waals surface area contributed by atoms with Crippen LogP contribution in [-0.2, 0) is 0 Å². The molecule has 2 aromatic carbocycles. The molecule has 1 aromatic heterocycles. The second-order valence-electron chi connectivity index (χ2n) is 4.75. The first-order valence-corrected chi connectivity index (χ1v) is 8.91. The fourth-order valence-electron chi connectivity index (χ4n) is 2.09. The monoisotopic (exact) mass is 405 g/mol. The van der Waals surface area contributed by atoms with Crippen molar-refractivity contribution in [3.63, 3.8) is 0 Å². The van der Waals surface area contributed by atoms with Gasteiger partial charge in [0.05, 0.1) is 11.9 Å². The van der Waals surface area contributed by atoms with Crippen molar-refractivity contribution in [2.75, 3.05) is 7.05 Å². The van der Waals surface area contributed by atoms with Gasteiger partial charge in [0.25, 0.3) is 0 Å². The number of hydrogen-bond acceptors (Lipinski definition) is 3. The van der Waals surface area contributed by atoms with Crippen molar-refractivity contribution in [2.45, 2.75) is 0 Å². The molecule has 1 heterocycles. The van der Waals surface area contributed by atoms with E-state index >= 15 is 0 Å². The van der Waals surface area contributed by atoms with Crippen molar-refractivity contribution in [2.24, 2.45) is 10.1 Å². The van der Waals surface area contributed by atoms with E-state index in [0.717, 1.165) is 26.1 Å². The van der Waals surface area contributed by atoms with E-state index in [1.165, 1.54) is 0 Å². The standard InChI is InChI=1S/C17H13BrClN3S/c1-20-17-22(21-10-12-3-2-4-14(18)9-12)16(11-23-17)13-5-7-15(19)8-6-13/h2-11H,1H3. The second-order valence-corrected chi connectivity index (χ2v) is 6.93. The molecule has 116 valence electrons. The minimum atomic E-state index is 0.716. The number of thiazole rings is 1. The van der Waals surface area contributed by atoms with Crippen LogP contribution >= 0.6 is 38.9 Å². The summed E-state index contributed by atoms with van der Waals surface area (Å²) in [4.78, 5) is 5.13. The summed E-state index contributed by atoms with van der Waals surface area (Å²) in [5, 5.41) is 7.36. The number of hydrogen-bond donors (Lipinski definition) is 0. The van der Waals surface area contributed by atoms with E-state index < -0.39 is 0 Å². The molecule has 0 saturated heterocycles. The summed E-state index contributed by atoms with van der Waals surface area (Å²) in [5.74, 6) is 0. The van der Waals surface area contributed by atoms with E-state index in [0.29, 0.717) is 5.02 Å². The zero-order chi connectivity index (χ0) is 16.2. The van der Waals surface area contributed by atoms with Gasteiger partial charge in [0.2, 0.25) is 4.80 Å². The molecule has 0 fully saturated rings. The molecule has 0 spiro atoms. The van der Waals surface area contributed by atoms with Gasteiger partial charge < -0.3 is 0 Å². The molecule has 3 nitrogen and oxygen atoms in total. The minimum absolute atomic E-state index is 0.716. The molecule has 0 amide bonds. The van der Waals surface area contributed by atoms with E-state index in [1.807, 2.05) is 64.8 Å². The third-order valence-electron chi connectivity index (χ3n) is 3.19. The molecule has 0 aliphatic heterocycles. The van der Waals surface area contributed by atoms with Gasteiger partial charge in [0, 0.05) is 27.5 Å². The molecule has 0 saturated carbocycles. The first-order valence-electron chi connectivity index (χ1n) is 6.86. The number of benzene rings is 2. The molecule has 0 unspecified atom stereocenters. The third kappa shape index (κ3) is 3.80. The Labute approximate surface area is 151 Å². The van der Waals surface area contributed by atoms with E-state index in [4.69, 9.17) is 11.6 Å². The predicted octanol–water partition coefficient (Wildman–Crippen LogP) is 5.05. The van der Waals surface area contributed by atoms with Crippen LogP contribution in [0.3, 0.4) is 0 Å². The van der Waals surface area contributed by atoms with Gasteiger partial charge in [-0.25, -0.2) is 4.68 Å². The van der Waals surface area contributed by atoms with Gasteiger partial charge in [0.15, 0.2) is 0 Å². The quantitative estimate of drug-likeness (QED) is 0.545. The maximum absolute atomic E-state index is 5.97. The normalized spacial score (nSPS) is 12.2. The van der Waals surface area contributed by atoms with Crippen LogP contribution in [0, 0.1) is 0 Å². The average Bonchev–Trinajstić information content (AvgIpc) is 2.96. The molecule has 0 radical (unpaired) electrons. The molecule has 0 aliphatic carbocycles. The molecular formula is C17H13BrClN3S. The van der Waals surface area contributed by atoms with Crippen molar-refractivity contribution in [3.05, 3.63) is 73.8 Å². The van der Waals surface area contributed by atoms with Crippen LogP contribution in [0.2, 0.25) is 5.02 Å². The molecule has 3 rings (SSSR count). The second kappa shape index (κ2) is 7.25. The predicted molar refractivity (Wildman–Crippen MR) is 101 cm³/mol. The summed E-state index contributed by atoms with van der Waals surface area (Å²) in [7, 11) is 1.77. The van der Waals surface area contributed by atoms with Crippen LogP contribution in [-0.4, -0.2) is 17.9 Å². The molecule has 0 N–H and O–H groups in total. The molecular weight excluding hydrogens is 394 g/mol. The highest BCUT2D eigenvalue weighted by atomic mass is 79.9. The van der Waals surface area contributed by atoms with Gasteiger partial charge in [-0.15, -0.1) is 11.3 Å².